The summed E-state index contributed by atoms with van der Waals surface area (Å²) < 4.78 is 0. The molecule has 1 aliphatic rings. The van der Waals surface area contributed by atoms with Gasteiger partial charge in [-0.05, 0) is 14.1 Å². The second-order valence-electron chi connectivity index (χ2n) is 5.08. The molecule has 0 unspecified atom stereocenters. The molecule has 1 aliphatic heterocycles. The Morgan fingerprint density at radius 3 is 2.53 bits per heavy atom. The number of anilines is 1. The Hall–Kier alpha value is -0.720. The van der Waals surface area contributed by atoms with E-state index in [-0.39, 0.29) is 12.1 Å². The lowest BCUT2D eigenvalue weighted by molar-refractivity contribution is 0.114. The second-order valence-corrected chi connectivity index (χ2v) is 6.07. The minimum absolute atomic E-state index is 0.182. The predicted molar refractivity (Wildman–Crippen MR) is 69.7 cm³/mol. The number of aliphatic hydroxyl groups is 1. The standard InChI is InChI=1S/C11H20N4OS/c1-7(2)10-12-13-11(17-10)15-5-8(14(3)4)9(16)6-15/h7-9,16H,5-6H2,1-4H3/t8-,9-/m0/s1. The molecule has 0 aromatic carbocycles. The second kappa shape index (κ2) is 4.88. The maximum absolute atomic E-state index is 9.98. The number of hydrogen-bond donors (Lipinski definition) is 1. The summed E-state index contributed by atoms with van der Waals surface area (Å²) in [5.41, 5.74) is 0. The lowest BCUT2D eigenvalue weighted by atomic mass is 10.2. The van der Waals surface area contributed by atoms with E-state index in [0.717, 1.165) is 16.7 Å². The number of β-amino-alcohol motifs (C(OH)–C–C–N with tert-alkyl or cyclic N) is 1. The van der Waals surface area contributed by atoms with Crippen LogP contribution in [0.4, 0.5) is 5.13 Å². The van der Waals surface area contributed by atoms with Crippen molar-refractivity contribution >= 4 is 16.5 Å². The maximum Gasteiger partial charge on any atom is 0.208 e. The van der Waals surface area contributed by atoms with Crippen LogP contribution in [0, 0.1) is 0 Å². The third kappa shape index (κ3) is 2.59. The van der Waals surface area contributed by atoms with E-state index in [4.69, 9.17) is 0 Å². The highest BCUT2D eigenvalue weighted by atomic mass is 32.1. The lowest BCUT2D eigenvalue weighted by Crippen LogP contribution is -2.37. The minimum atomic E-state index is -0.309. The molecule has 2 rings (SSSR count). The quantitative estimate of drug-likeness (QED) is 0.866. The fourth-order valence-electron chi connectivity index (χ4n) is 2.02. The highest BCUT2D eigenvalue weighted by molar-refractivity contribution is 7.15. The van der Waals surface area contributed by atoms with Crippen LogP contribution in [0.5, 0.6) is 0 Å². The Morgan fingerprint density at radius 1 is 1.35 bits per heavy atom. The summed E-state index contributed by atoms with van der Waals surface area (Å²) in [6, 6.07) is 0.182. The van der Waals surface area contributed by atoms with Crippen LogP contribution in [0.3, 0.4) is 0 Å². The van der Waals surface area contributed by atoms with Crippen molar-refractivity contribution in [1.29, 1.82) is 0 Å². The van der Waals surface area contributed by atoms with Gasteiger partial charge in [0.1, 0.15) is 5.01 Å². The summed E-state index contributed by atoms with van der Waals surface area (Å²) in [6.07, 6.45) is -0.309. The Kier molecular flexibility index (Phi) is 3.65. The van der Waals surface area contributed by atoms with Crippen molar-refractivity contribution in [3.05, 3.63) is 5.01 Å². The van der Waals surface area contributed by atoms with Crippen molar-refractivity contribution in [2.75, 3.05) is 32.1 Å². The van der Waals surface area contributed by atoms with Gasteiger partial charge in [-0.25, -0.2) is 0 Å². The minimum Gasteiger partial charge on any atom is -0.390 e. The average molecular weight is 256 g/mol. The first-order valence-electron chi connectivity index (χ1n) is 5.92. The van der Waals surface area contributed by atoms with Crippen LogP contribution in [-0.4, -0.2) is 59.5 Å². The summed E-state index contributed by atoms with van der Waals surface area (Å²) in [7, 11) is 3.99. The van der Waals surface area contributed by atoms with Crippen LogP contribution in [0.15, 0.2) is 0 Å². The Bertz CT molecular complexity index is 379. The van der Waals surface area contributed by atoms with Crippen molar-refractivity contribution in [2.45, 2.75) is 31.9 Å². The molecule has 0 amide bonds. The van der Waals surface area contributed by atoms with Crippen molar-refractivity contribution in [3.8, 4) is 0 Å². The molecule has 2 heterocycles. The molecule has 0 spiro atoms. The Labute approximate surface area is 106 Å². The molecule has 17 heavy (non-hydrogen) atoms. The van der Waals surface area contributed by atoms with Gasteiger partial charge in [-0.15, -0.1) is 10.2 Å². The molecule has 0 bridgehead atoms. The van der Waals surface area contributed by atoms with Crippen molar-refractivity contribution < 1.29 is 5.11 Å². The first-order chi connectivity index (χ1) is 7.99. The zero-order valence-electron chi connectivity index (χ0n) is 10.8. The van der Waals surface area contributed by atoms with E-state index in [1.165, 1.54) is 0 Å². The molecule has 0 aliphatic carbocycles. The van der Waals surface area contributed by atoms with Crippen molar-refractivity contribution in [3.63, 3.8) is 0 Å². The van der Waals surface area contributed by atoms with E-state index in [1.54, 1.807) is 11.3 Å². The van der Waals surface area contributed by atoms with E-state index in [2.05, 4.69) is 33.8 Å². The molecule has 96 valence electrons. The van der Waals surface area contributed by atoms with E-state index < -0.39 is 0 Å². The smallest absolute Gasteiger partial charge is 0.208 e. The van der Waals surface area contributed by atoms with Gasteiger partial charge in [-0.2, -0.15) is 0 Å². The van der Waals surface area contributed by atoms with Crippen LogP contribution in [0.2, 0.25) is 0 Å². The topological polar surface area (TPSA) is 52.5 Å². The third-order valence-electron chi connectivity index (χ3n) is 3.12. The van der Waals surface area contributed by atoms with Crippen LogP contribution < -0.4 is 4.90 Å². The molecule has 1 fully saturated rings. The van der Waals surface area contributed by atoms with E-state index >= 15 is 0 Å². The van der Waals surface area contributed by atoms with Gasteiger partial charge in [0.2, 0.25) is 5.13 Å². The number of rotatable bonds is 3. The van der Waals surface area contributed by atoms with E-state index in [9.17, 15) is 5.11 Å². The SMILES string of the molecule is CC(C)c1nnc(N2C[C@H](O)[C@@H](N(C)C)C2)s1. The number of likely N-dealkylation sites (N-methyl/N-ethyl adjacent to an activating group) is 1. The van der Waals surface area contributed by atoms with Crippen molar-refractivity contribution in [1.82, 2.24) is 15.1 Å². The number of aliphatic hydroxyl groups excluding tert-OH is 1. The molecule has 0 saturated carbocycles. The highest BCUT2D eigenvalue weighted by Crippen LogP contribution is 2.28. The molecule has 5 nitrogen and oxygen atoms in total. The summed E-state index contributed by atoms with van der Waals surface area (Å²) in [5.74, 6) is 0.415. The summed E-state index contributed by atoms with van der Waals surface area (Å²) in [6.45, 7) is 5.70. The number of hydrogen-bond acceptors (Lipinski definition) is 6. The fraction of sp³-hybridized carbons (Fsp3) is 0.818. The highest BCUT2D eigenvalue weighted by Gasteiger charge is 2.34. The number of aromatic nitrogens is 2. The van der Waals surface area contributed by atoms with Gasteiger partial charge in [0, 0.05) is 19.0 Å². The van der Waals surface area contributed by atoms with Gasteiger partial charge < -0.3 is 14.9 Å². The summed E-state index contributed by atoms with van der Waals surface area (Å²) in [5, 5.41) is 20.4. The predicted octanol–water partition coefficient (Wildman–Crippen LogP) is 0.773. The first kappa shape index (κ1) is 12.7. The average Bonchev–Trinajstić information content (AvgIpc) is 2.82. The van der Waals surface area contributed by atoms with Gasteiger partial charge in [0.15, 0.2) is 0 Å². The largest absolute Gasteiger partial charge is 0.390 e. The van der Waals surface area contributed by atoms with E-state index in [0.29, 0.717) is 12.5 Å². The van der Waals surface area contributed by atoms with Crippen LogP contribution in [-0.2, 0) is 0 Å². The third-order valence-corrected chi connectivity index (χ3v) is 4.40. The van der Waals surface area contributed by atoms with Gasteiger partial charge in [0.05, 0.1) is 12.1 Å². The van der Waals surface area contributed by atoms with Crippen LogP contribution >= 0.6 is 11.3 Å². The molecular weight excluding hydrogens is 236 g/mol. The lowest BCUT2D eigenvalue weighted by Gasteiger charge is -2.21. The molecule has 1 N–H and O–H groups in total. The molecule has 2 atom stereocenters. The van der Waals surface area contributed by atoms with Gasteiger partial charge in [-0.3, -0.25) is 0 Å². The molecule has 1 aromatic heterocycles. The zero-order valence-corrected chi connectivity index (χ0v) is 11.6. The van der Waals surface area contributed by atoms with Gasteiger partial charge in [-0.1, -0.05) is 25.2 Å². The van der Waals surface area contributed by atoms with Gasteiger partial charge in [0.25, 0.3) is 0 Å². The molecule has 1 aromatic rings. The zero-order chi connectivity index (χ0) is 12.6. The monoisotopic (exact) mass is 256 g/mol. The first-order valence-corrected chi connectivity index (χ1v) is 6.73. The molecule has 1 saturated heterocycles. The number of nitrogens with zero attached hydrogens (tertiary/aromatic N) is 4. The summed E-state index contributed by atoms with van der Waals surface area (Å²) >= 11 is 1.63. The summed E-state index contributed by atoms with van der Waals surface area (Å²) in [4.78, 5) is 4.19. The van der Waals surface area contributed by atoms with Crippen LogP contribution in [0.25, 0.3) is 0 Å². The van der Waals surface area contributed by atoms with Gasteiger partial charge >= 0.3 is 0 Å². The Morgan fingerprint density at radius 2 is 2.06 bits per heavy atom. The molecule has 0 radical (unpaired) electrons. The molecular formula is C11H20N4OS. The Balaban J connectivity index is 2.09. The molecule has 6 heteroatoms. The van der Waals surface area contributed by atoms with Crippen LogP contribution in [0.1, 0.15) is 24.8 Å². The van der Waals surface area contributed by atoms with Crippen molar-refractivity contribution in [2.24, 2.45) is 0 Å². The van der Waals surface area contributed by atoms with E-state index in [1.807, 2.05) is 14.1 Å². The maximum atomic E-state index is 9.98. The normalized spacial score (nSPS) is 25.2. The fourth-order valence-corrected chi connectivity index (χ4v) is 2.88.